The predicted octanol–water partition coefficient (Wildman–Crippen LogP) is 5.44. The van der Waals surface area contributed by atoms with Crippen LogP contribution in [0.4, 0.5) is 4.79 Å². The van der Waals surface area contributed by atoms with E-state index in [9.17, 15) is 4.79 Å². The summed E-state index contributed by atoms with van der Waals surface area (Å²) in [5.74, 6) is 0.925. The van der Waals surface area contributed by atoms with E-state index in [2.05, 4.69) is 5.10 Å². The van der Waals surface area contributed by atoms with E-state index in [4.69, 9.17) is 32.7 Å². The van der Waals surface area contributed by atoms with Gasteiger partial charge in [0.15, 0.2) is 0 Å². The number of piperidine rings is 1. The van der Waals surface area contributed by atoms with Crippen molar-refractivity contribution in [1.29, 1.82) is 0 Å². The summed E-state index contributed by atoms with van der Waals surface area (Å²) in [5.41, 5.74) is 0.431. The Morgan fingerprint density at radius 3 is 2.41 bits per heavy atom. The average molecular weight is 440 g/mol. The minimum absolute atomic E-state index is 0.0736. The second kappa shape index (κ2) is 8.84. The van der Waals surface area contributed by atoms with Crippen LogP contribution in [0.5, 0.6) is 5.75 Å². The van der Waals surface area contributed by atoms with Gasteiger partial charge in [-0.15, -0.1) is 0 Å². The first kappa shape index (κ1) is 21.8. The van der Waals surface area contributed by atoms with Crippen molar-refractivity contribution >= 4 is 29.3 Å². The lowest BCUT2D eigenvalue weighted by Crippen LogP contribution is -2.43. The van der Waals surface area contributed by atoms with E-state index in [-0.39, 0.29) is 18.1 Å². The fraction of sp³-hybridized carbons (Fsp3) is 0.524. The van der Waals surface area contributed by atoms with E-state index in [1.54, 1.807) is 24.3 Å². The Bertz CT molecular complexity index is 842. The predicted molar refractivity (Wildman–Crippen MR) is 114 cm³/mol. The third kappa shape index (κ3) is 5.17. The average Bonchev–Trinajstić information content (AvgIpc) is 3.18. The van der Waals surface area contributed by atoms with Crippen LogP contribution in [0.15, 0.2) is 30.6 Å². The fourth-order valence-corrected chi connectivity index (χ4v) is 4.06. The van der Waals surface area contributed by atoms with Crippen LogP contribution in [0, 0.1) is 5.92 Å². The summed E-state index contributed by atoms with van der Waals surface area (Å²) in [6, 6.07) is 5.42. The van der Waals surface area contributed by atoms with Crippen molar-refractivity contribution < 1.29 is 14.3 Å². The molecule has 29 heavy (non-hydrogen) atoms. The summed E-state index contributed by atoms with van der Waals surface area (Å²) < 4.78 is 13.0. The lowest BCUT2D eigenvalue weighted by Gasteiger charge is -2.37. The monoisotopic (exact) mass is 439 g/mol. The molecule has 1 amide bonds. The molecule has 0 bridgehead atoms. The first-order valence-electron chi connectivity index (χ1n) is 9.69. The molecular formula is C21H27Cl2N3O3. The largest absolute Gasteiger partial charge is 0.496 e. The number of aromatic nitrogens is 2. The van der Waals surface area contributed by atoms with Gasteiger partial charge in [0.05, 0.1) is 23.2 Å². The molecule has 0 spiro atoms. The maximum Gasteiger partial charge on any atom is 0.410 e. The first-order valence-corrected chi connectivity index (χ1v) is 10.4. The Kier molecular flexibility index (Phi) is 6.64. The highest BCUT2D eigenvalue weighted by molar-refractivity contribution is 6.42. The van der Waals surface area contributed by atoms with Crippen LogP contribution < -0.4 is 4.74 Å². The molecule has 1 aromatic heterocycles. The minimum atomic E-state index is -0.501. The van der Waals surface area contributed by atoms with Gasteiger partial charge in [-0.2, -0.15) is 5.10 Å². The molecule has 1 saturated heterocycles. The molecule has 1 aliphatic rings. The number of rotatable bonds is 4. The smallest absolute Gasteiger partial charge is 0.410 e. The van der Waals surface area contributed by atoms with E-state index in [1.807, 2.05) is 43.8 Å². The molecule has 2 aromatic rings. The van der Waals surface area contributed by atoms with Gasteiger partial charge in [0.25, 0.3) is 0 Å². The van der Waals surface area contributed by atoms with Gasteiger partial charge in [0.1, 0.15) is 11.4 Å². The van der Waals surface area contributed by atoms with Crippen molar-refractivity contribution in [2.24, 2.45) is 5.92 Å². The number of carbonyl (C=O) groups excluding carboxylic acids is 1. The van der Waals surface area contributed by atoms with Gasteiger partial charge in [-0.05, 0) is 51.7 Å². The molecule has 6 nitrogen and oxygen atoms in total. The van der Waals surface area contributed by atoms with E-state index in [0.717, 1.165) is 18.4 Å². The highest BCUT2D eigenvalue weighted by Gasteiger charge is 2.34. The van der Waals surface area contributed by atoms with Crippen molar-refractivity contribution in [3.05, 3.63) is 46.2 Å². The Hall–Kier alpha value is -1.92. The number of hydrogen-bond acceptors (Lipinski definition) is 4. The molecule has 2 heterocycles. The highest BCUT2D eigenvalue weighted by Crippen LogP contribution is 2.41. The Morgan fingerprint density at radius 2 is 1.86 bits per heavy atom. The summed E-state index contributed by atoms with van der Waals surface area (Å²) in [5, 5.41) is 5.41. The number of methoxy groups -OCH3 is 1. The normalized spacial score (nSPS) is 16.6. The van der Waals surface area contributed by atoms with Gasteiger partial charge in [0, 0.05) is 37.1 Å². The Morgan fingerprint density at radius 1 is 1.21 bits per heavy atom. The van der Waals surface area contributed by atoms with Crippen LogP contribution >= 0.6 is 23.2 Å². The van der Waals surface area contributed by atoms with Crippen LogP contribution in [0.3, 0.4) is 0 Å². The topological polar surface area (TPSA) is 56.6 Å². The van der Waals surface area contributed by atoms with Crippen molar-refractivity contribution in [2.75, 3.05) is 20.2 Å². The van der Waals surface area contributed by atoms with E-state index in [0.29, 0.717) is 28.9 Å². The molecule has 1 aliphatic heterocycles. The molecule has 0 N–H and O–H groups in total. The third-order valence-electron chi connectivity index (χ3n) is 5.04. The van der Waals surface area contributed by atoms with E-state index >= 15 is 0 Å². The molecule has 1 atom stereocenters. The number of benzene rings is 1. The maximum absolute atomic E-state index is 12.4. The second-order valence-electron chi connectivity index (χ2n) is 8.24. The number of halogens is 2. The van der Waals surface area contributed by atoms with Gasteiger partial charge in [0.2, 0.25) is 0 Å². The number of carbonyl (C=O) groups is 1. The summed E-state index contributed by atoms with van der Waals surface area (Å²) in [6.45, 7) is 6.88. The van der Waals surface area contributed by atoms with Gasteiger partial charge < -0.3 is 14.4 Å². The summed E-state index contributed by atoms with van der Waals surface area (Å²) in [4.78, 5) is 14.2. The highest BCUT2D eigenvalue weighted by atomic mass is 35.5. The third-order valence-corrected chi connectivity index (χ3v) is 5.76. The summed E-state index contributed by atoms with van der Waals surface area (Å²) in [7, 11) is 1.62. The molecule has 0 saturated carbocycles. The quantitative estimate of drug-likeness (QED) is 0.636. The van der Waals surface area contributed by atoms with Crippen LogP contribution in [0.1, 0.15) is 45.2 Å². The Balaban J connectivity index is 1.84. The van der Waals surface area contributed by atoms with Crippen molar-refractivity contribution in [2.45, 2.75) is 45.3 Å². The first-order chi connectivity index (χ1) is 13.7. The molecule has 1 unspecified atom stereocenters. The number of nitrogens with zero attached hydrogens (tertiary/aromatic N) is 3. The SMILES string of the molecule is COc1cc(Cl)c(Cl)cc1C(C1CCN(C(=O)OC(C)(C)C)CC1)n1cccn1. The summed E-state index contributed by atoms with van der Waals surface area (Å²) >= 11 is 12.5. The number of ether oxygens (including phenoxy) is 2. The molecule has 0 aliphatic carbocycles. The lowest BCUT2D eigenvalue weighted by molar-refractivity contribution is 0.0167. The van der Waals surface area contributed by atoms with E-state index < -0.39 is 5.60 Å². The van der Waals surface area contributed by atoms with Crippen molar-refractivity contribution in [3.63, 3.8) is 0 Å². The maximum atomic E-state index is 12.4. The minimum Gasteiger partial charge on any atom is -0.496 e. The number of likely N-dealkylation sites (tertiary alicyclic amines) is 1. The van der Waals surface area contributed by atoms with Gasteiger partial charge >= 0.3 is 6.09 Å². The molecule has 0 radical (unpaired) electrons. The Labute approximate surface area is 181 Å². The zero-order valence-corrected chi connectivity index (χ0v) is 18.7. The standard InChI is InChI=1S/C21H27Cl2N3O3/c1-21(2,3)29-20(27)25-10-6-14(7-11-25)19(26-9-5-8-24-26)15-12-16(22)17(23)13-18(15)28-4/h5,8-9,12-14,19H,6-7,10-11H2,1-4H3. The zero-order valence-electron chi connectivity index (χ0n) is 17.2. The molecule has 1 aromatic carbocycles. The molecule has 3 rings (SSSR count). The molecule has 158 valence electrons. The number of hydrogen-bond donors (Lipinski definition) is 0. The second-order valence-corrected chi connectivity index (χ2v) is 9.06. The number of amides is 1. The van der Waals surface area contributed by atoms with Gasteiger partial charge in [-0.1, -0.05) is 23.2 Å². The molecule has 8 heteroatoms. The van der Waals surface area contributed by atoms with Crippen molar-refractivity contribution in [3.8, 4) is 5.75 Å². The zero-order chi connectivity index (χ0) is 21.2. The summed E-state index contributed by atoms with van der Waals surface area (Å²) in [6.07, 6.45) is 5.05. The van der Waals surface area contributed by atoms with Crippen LogP contribution in [0.2, 0.25) is 10.0 Å². The van der Waals surface area contributed by atoms with Crippen LogP contribution in [0.25, 0.3) is 0 Å². The van der Waals surface area contributed by atoms with Crippen molar-refractivity contribution in [1.82, 2.24) is 14.7 Å². The van der Waals surface area contributed by atoms with Crippen LogP contribution in [-0.2, 0) is 4.74 Å². The molecular weight excluding hydrogens is 413 g/mol. The van der Waals surface area contributed by atoms with Gasteiger partial charge in [-0.25, -0.2) is 4.79 Å². The lowest BCUT2D eigenvalue weighted by atomic mass is 9.85. The molecule has 1 fully saturated rings. The van der Waals surface area contributed by atoms with Gasteiger partial charge in [-0.3, -0.25) is 4.68 Å². The van der Waals surface area contributed by atoms with E-state index in [1.165, 1.54) is 0 Å². The van der Waals surface area contributed by atoms with Crippen LogP contribution in [-0.4, -0.2) is 46.6 Å². The fourth-order valence-electron chi connectivity index (χ4n) is 3.73.